The van der Waals surface area contributed by atoms with Crippen LogP contribution in [0.2, 0.25) is 0 Å². The smallest absolute Gasteiger partial charge is 0.318 e. The molecule has 0 spiro atoms. The molecule has 3 saturated carbocycles. The van der Waals surface area contributed by atoms with E-state index in [2.05, 4.69) is 64.6 Å². The second-order valence-electron chi connectivity index (χ2n) is 16.0. The second kappa shape index (κ2) is 13.2. The molecular formula is C43H56O5. The largest absolute Gasteiger partial charge is 0.452 e. The molecule has 7 rings (SSSR count). The molecule has 5 aliphatic rings. The summed E-state index contributed by atoms with van der Waals surface area (Å²) < 4.78 is 20.3. The Morgan fingerprint density at radius 3 is 2.25 bits per heavy atom. The van der Waals surface area contributed by atoms with Crippen LogP contribution in [0.5, 0.6) is 0 Å². The molecule has 9 atom stereocenters. The van der Waals surface area contributed by atoms with Gasteiger partial charge in [-0.1, -0.05) is 125 Å². The van der Waals surface area contributed by atoms with Crippen molar-refractivity contribution in [1.82, 2.24) is 0 Å². The lowest BCUT2D eigenvalue weighted by Gasteiger charge is -2.63. The first-order valence-electron chi connectivity index (χ1n) is 18.8. The lowest BCUT2D eigenvalue weighted by molar-refractivity contribution is -0.255. The van der Waals surface area contributed by atoms with Crippen LogP contribution in [0.4, 0.5) is 0 Å². The third kappa shape index (κ3) is 4.77. The predicted octanol–water partition coefficient (Wildman–Crippen LogP) is 9.08. The van der Waals surface area contributed by atoms with Gasteiger partial charge in [0.25, 0.3) is 0 Å². The van der Waals surface area contributed by atoms with Gasteiger partial charge in [0.1, 0.15) is 5.41 Å². The van der Waals surface area contributed by atoms with Crippen LogP contribution >= 0.6 is 0 Å². The number of aliphatic hydroxyl groups excluding tert-OH is 1. The fourth-order valence-electron chi connectivity index (χ4n) is 11.8. The average molecular weight is 653 g/mol. The molecule has 4 fully saturated rings. The van der Waals surface area contributed by atoms with Crippen molar-refractivity contribution in [3.63, 3.8) is 0 Å². The van der Waals surface area contributed by atoms with E-state index in [1.807, 2.05) is 42.5 Å². The van der Waals surface area contributed by atoms with Crippen LogP contribution in [-0.4, -0.2) is 36.7 Å². The van der Waals surface area contributed by atoms with E-state index in [1.54, 1.807) is 0 Å². The summed E-state index contributed by atoms with van der Waals surface area (Å²) in [5.74, 6) is 1.23. The van der Waals surface area contributed by atoms with Crippen molar-refractivity contribution >= 4 is 5.97 Å². The lowest BCUT2D eigenvalue weighted by Crippen LogP contribution is -2.68. The number of esters is 1. The van der Waals surface area contributed by atoms with E-state index in [0.29, 0.717) is 31.5 Å². The van der Waals surface area contributed by atoms with Crippen LogP contribution in [0.15, 0.2) is 85.0 Å². The van der Waals surface area contributed by atoms with Gasteiger partial charge < -0.3 is 19.3 Å². The maximum atomic E-state index is 16.1. The van der Waals surface area contributed by atoms with Gasteiger partial charge in [-0.15, -0.1) is 6.58 Å². The number of allylic oxidation sites excluding steroid dienone is 2. The molecule has 6 unspecified atom stereocenters. The number of ether oxygens (including phenoxy) is 3. The Labute approximate surface area is 288 Å². The van der Waals surface area contributed by atoms with Crippen molar-refractivity contribution in [3.8, 4) is 0 Å². The molecule has 48 heavy (non-hydrogen) atoms. The Balaban J connectivity index is 1.44. The fourth-order valence-corrected chi connectivity index (χ4v) is 11.8. The first kappa shape index (κ1) is 33.8. The molecule has 5 nitrogen and oxygen atoms in total. The number of carbonyl (C=O) groups excluding carboxylic acids is 1. The molecule has 4 aliphatic carbocycles. The van der Waals surface area contributed by atoms with Crippen molar-refractivity contribution < 1.29 is 24.1 Å². The number of hydrogen-bond donors (Lipinski definition) is 1. The van der Waals surface area contributed by atoms with Gasteiger partial charge in [0.05, 0.1) is 19.3 Å². The molecule has 1 saturated heterocycles. The van der Waals surface area contributed by atoms with E-state index in [4.69, 9.17) is 14.2 Å². The molecule has 1 N–H and O–H groups in total. The first-order chi connectivity index (χ1) is 23.3. The van der Waals surface area contributed by atoms with Gasteiger partial charge >= 0.3 is 5.97 Å². The van der Waals surface area contributed by atoms with Crippen LogP contribution in [0.3, 0.4) is 0 Å². The summed E-state index contributed by atoms with van der Waals surface area (Å²) in [6.07, 6.45) is 10.2. The number of benzene rings is 2. The van der Waals surface area contributed by atoms with Crippen molar-refractivity contribution in [1.29, 1.82) is 0 Å². The number of rotatable bonds is 13. The minimum atomic E-state index is -1.09. The second-order valence-corrected chi connectivity index (χ2v) is 16.0. The molecule has 0 aromatic heterocycles. The molecule has 2 aromatic carbocycles. The Hall–Kier alpha value is -2.73. The minimum absolute atomic E-state index is 0.0339. The first-order valence-corrected chi connectivity index (χ1v) is 18.8. The Morgan fingerprint density at radius 1 is 1.02 bits per heavy atom. The molecule has 2 aromatic rings. The Kier molecular flexibility index (Phi) is 9.28. The Morgan fingerprint density at radius 2 is 1.67 bits per heavy atom. The summed E-state index contributed by atoms with van der Waals surface area (Å²) in [5, 5.41) is 13.0. The van der Waals surface area contributed by atoms with Gasteiger partial charge in [0.15, 0.2) is 12.4 Å². The summed E-state index contributed by atoms with van der Waals surface area (Å²) in [5.41, 5.74) is 0.581. The zero-order valence-electron chi connectivity index (χ0n) is 29.5. The van der Waals surface area contributed by atoms with Gasteiger partial charge in [-0.05, 0) is 78.7 Å². The van der Waals surface area contributed by atoms with E-state index < -0.39 is 34.7 Å². The lowest BCUT2D eigenvalue weighted by atomic mass is 9.40. The van der Waals surface area contributed by atoms with Crippen molar-refractivity contribution in [2.24, 2.45) is 51.8 Å². The molecule has 0 amide bonds. The number of hydrogen-bond acceptors (Lipinski definition) is 5. The molecule has 258 valence electrons. The SMILES string of the molecule is C=CC(CCCC)CC(O)C12C[C@@H]3[C@H](C)CC[C@H]3C3(C4OCCO4)CC1C=C(C(C)C)C23C(=O)OC(c1ccccc1)c1ccccc1. The third-order valence-electron chi connectivity index (χ3n) is 13.6. The normalized spacial score (nSPS) is 35.1. The highest BCUT2D eigenvalue weighted by Gasteiger charge is 2.88. The minimum Gasteiger partial charge on any atom is -0.452 e. The maximum absolute atomic E-state index is 16.1. The average Bonchev–Trinajstić information content (AvgIpc) is 3.88. The molecule has 5 heteroatoms. The predicted molar refractivity (Wildman–Crippen MR) is 189 cm³/mol. The van der Waals surface area contributed by atoms with Crippen LogP contribution in [0.25, 0.3) is 0 Å². The highest BCUT2D eigenvalue weighted by Crippen LogP contribution is 2.85. The molecule has 4 bridgehead atoms. The maximum Gasteiger partial charge on any atom is 0.318 e. The molecule has 1 aliphatic heterocycles. The number of aliphatic hydroxyl groups is 1. The topological polar surface area (TPSA) is 65.0 Å². The van der Waals surface area contributed by atoms with E-state index >= 15 is 4.79 Å². The summed E-state index contributed by atoms with van der Waals surface area (Å²) >= 11 is 0. The van der Waals surface area contributed by atoms with Gasteiger partial charge in [-0.3, -0.25) is 4.79 Å². The standard InChI is InChI=1S/C43H56O5/c1-6-8-15-30(7-2)24-37(44)41-27-34-29(5)20-21-35(34)42(40-46-22-23-47-40)26-33(41)25-36(28(3)4)43(41,42)39(45)48-38(31-16-11-9-12-17-31)32-18-13-10-14-19-32/h7,9-14,16-19,25,28-30,33-35,37-38,40,44H,2,6,8,15,20-24,26-27H2,1,3-5H3/t29-,30?,33?,34-,35-,37?,41?,42?,43?/m1/s1. The van der Waals surface area contributed by atoms with E-state index in [9.17, 15) is 5.11 Å². The van der Waals surface area contributed by atoms with Gasteiger partial charge in [-0.25, -0.2) is 0 Å². The number of unbranched alkanes of at least 4 members (excludes halogenated alkanes) is 1. The van der Waals surface area contributed by atoms with E-state index in [0.717, 1.165) is 61.6 Å². The van der Waals surface area contributed by atoms with Crippen molar-refractivity contribution in [2.75, 3.05) is 13.2 Å². The zero-order chi connectivity index (χ0) is 33.7. The molecule has 1 heterocycles. The van der Waals surface area contributed by atoms with Crippen LogP contribution in [-0.2, 0) is 19.0 Å². The summed E-state index contributed by atoms with van der Waals surface area (Å²) in [7, 11) is 0. The van der Waals surface area contributed by atoms with Crippen molar-refractivity contribution in [3.05, 3.63) is 96.1 Å². The van der Waals surface area contributed by atoms with Crippen LogP contribution < -0.4 is 0 Å². The molecule has 0 radical (unpaired) electrons. The van der Waals surface area contributed by atoms with Gasteiger partial charge in [0, 0.05) is 10.8 Å². The highest BCUT2D eigenvalue weighted by atomic mass is 16.7. The van der Waals surface area contributed by atoms with E-state index in [1.165, 1.54) is 0 Å². The summed E-state index contributed by atoms with van der Waals surface area (Å²) in [4.78, 5) is 16.1. The fraction of sp³-hybridized carbons (Fsp3) is 0.605. The highest BCUT2D eigenvalue weighted by molar-refractivity contribution is 5.87. The van der Waals surface area contributed by atoms with Gasteiger partial charge in [-0.2, -0.15) is 0 Å². The van der Waals surface area contributed by atoms with Crippen molar-refractivity contribution in [2.45, 2.75) is 97.6 Å². The van der Waals surface area contributed by atoms with Crippen LogP contribution in [0, 0.1) is 51.8 Å². The summed E-state index contributed by atoms with van der Waals surface area (Å²) in [6.45, 7) is 14.3. The van der Waals surface area contributed by atoms with E-state index in [-0.39, 0.29) is 29.6 Å². The molecular weight excluding hydrogens is 596 g/mol. The Bertz CT molecular complexity index is 1440. The number of fused-ring (bicyclic) bond motifs is 2. The zero-order valence-corrected chi connectivity index (χ0v) is 29.5. The quantitative estimate of drug-likeness (QED) is 0.173. The third-order valence-corrected chi connectivity index (χ3v) is 13.6. The summed E-state index contributed by atoms with van der Waals surface area (Å²) in [6, 6.07) is 20.2. The number of carbonyl (C=O) groups is 1. The van der Waals surface area contributed by atoms with Crippen LogP contribution in [0.1, 0.15) is 96.3 Å². The monoisotopic (exact) mass is 652 g/mol. The van der Waals surface area contributed by atoms with Gasteiger partial charge in [0.2, 0.25) is 0 Å².